The highest BCUT2D eigenvalue weighted by atomic mass is 16.2. The fourth-order valence-electron chi connectivity index (χ4n) is 4.52. The zero-order valence-electron chi connectivity index (χ0n) is 17.4. The Morgan fingerprint density at radius 1 is 0.938 bits per heavy atom. The van der Waals surface area contributed by atoms with E-state index in [1.165, 1.54) is 11.1 Å². The summed E-state index contributed by atoms with van der Waals surface area (Å²) < 4.78 is 0. The Balaban J connectivity index is 1.59. The van der Waals surface area contributed by atoms with Gasteiger partial charge in [-0.2, -0.15) is 5.10 Å². The number of H-pyrrole nitrogens is 1. The lowest BCUT2D eigenvalue weighted by Crippen LogP contribution is -2.43. The van der Waals surface area contributed by atoms with Crippen molar-refractivity contribution in [3.05, 3.63) is 93.9 Å². The highest BCUT2D eigenvalue weighted by Crippen LogP contribution is 2.42. The van der Waals surface area contributed by atoms with Crippen LogP contribution in [0.2, 0.25) is 0 Å². The number of hydrogen-bond acceptors (Lipinski definition) is 5. The molecule has 2 heterocycles. The van der Waals surface area contributed by atoms with E-state index >= 15 is 0 Å². The summed E-state index contributed by atoms with van der Waals surface area (Å²) in [6.07, 6.45) is 1.95. The first-order valence-electron chi connectivity index (χ1n) is 10.7. The quantitative estimate of drug-likeness (QED) is 0.662. The second-order valence-corrected chi connectivity index (χ2v) is 8.01. The number of aromatic nitrogens is 2. The van der Waals surface area contributed by atoms with Crippen molar-refractivity contribution in [2.75, 3.05) is 5.43 Å². The molecule has 0 saturated heterocycles. The topological polar surface area (TPSA) is 95.2 Å². The molecule has 32 heavy (non-hydrogen) atoms. The van der Waals surface area contributed by atoms with Gasteiger partial charge in [0, 0.05) is 36.0 Å². The van der Waals surface area contributed by atoms with E-state index in [2.05, 4.69) is 15.6 Å². The lowest BCUT2D eigenvalue weighted by atomic mass is 9.78. The SMILES string of the molecule is O=C1CCCC2=C1[C@@H](c1ccccc1)CC(=O)N2Nc1cc(=O)[nH]nc1-c1ccccc1. The maximum absolute atomic E-state index is 13.3. The number of rotatable bonds is 4. The number of amides is 1. The second kappa shape index (κ2) is 8.26. The highest BCUT2D eigenvalue weighted by molar-refractivity contribution is 6.01. The molecule has 2 N–H and O–H groups in total. The van der Waals surface area contributed by atoms with E-state index in [1.54, 1.807) is 0 Å². The van der Waals surface area contributed by atoms with E-state index in [0.29, 0.717) is 41.9 Å². The van der Waals surface area contributed by atoms with Gasteiger partial charge in [0.25, 0.3) is 5.56 Å². The van der Waals surface area contributed by atoms with Crippen molar-refractivity contribution in [3.63, 3.8) is 0 Å². The van der Waals surface area contributed by atoms with E-state index in [9.17, 15) is 14.4 Å². The second-order valence-electron chi connectivity index (χ2n) is 8.01. The van der Waals surface area contributed by atoms with Gasteiger partial charge >= 0.3 is 0 Å². The van der Waals surface area contributed by atoms with Gasteiger partial charge in [-0.15, -0.1) is 0 Å². The van der Waals surface area contributed by atoms with E-state index in [0.717, 1.165) is 11.1 Å². The molecule has 0 spiro atoms. The third kappa shape index (κ3) is 3.62. The van der Waals surface area contributed by atoms with E-state index in [-0.39, 0.29) is 29.6 Å². The van der Waals surface area contributed by atoms with Gasteiger partial charge in [-0.1, -0.05) is 60.7 Å². The molecule has 1 aliphatic carbocycles. The van der Waals surface area contributed by atoms with Crippen LogP contribution in [0, 0.1) is 0 Å². The molecule has 160 valence electrons. The van der Waals surface area contributed by atoms with Crippen LogP contribution in [0.15, 0.2) is 82.8 Å². The molecule has 0 bridgehead atoms. The molecule has 5 rings (SSSR count). The Labute approximate surface area is 184 Å². The first-order chi connectivity index (χ1) is 15.6. The third-order valence-electron chi connectivity index (χ3n) is 5.97. The Morgan fingerprint density at radius 3 is 2.41 bits per heavy atom. The minimum Gasteiger partial charge on any atom is -0.294 e. The molecule has 0 saturated carbocycles. The number of hydrogen-bond donors (Lipinski definition) is 2. The highest BCUT2D eigenvalue weighted by Gasteiger charge is 2.39. The standard InChI is InChI=1S/C25H22N4O3/c30-21-13-7-12-20-24(21)18(16-8-3-1-4-9-16)14-23(32)29(20)28-19-15-22(31)26-27-25(19)17-10-5-2-6-11-17/h1-6,8-11,15,18H,7,12-14H2,(H2,26,28,31)/t18-/m1/s1. The summed E-state index contributed by atoms with van der Waals surface area (Å²) in [4.78, 5) is 38.3. The number of anilines is 1. The van der Waals surface area contributed by atoms with Crippen molar-refractivity contribution in [2.45, 2.75) is 31.6 Å². The molecule has 0 radical (unpaired) electrons. The monoisotopic (exact) mass is 426 g/mol. The fraction of sp³-hybridized carbons (Fsp3) is 0.200. The summed E-state index contributed by atoms with van der Waals surface area (Å²) in [5, 5.41) is 8.12. The van der Waals surface area contributed by atoms with Crippen molar-refractivity contribution in [1.29, 1.82) is 0 Å². The molecule has 7 nitrogen and oxygen atoms in total. The minimum absolute atomic E-state index is 0.0757. The molecule has 3 aromatic rings. The van der Waals surface area contributed by atoms with Gasteiger partial charge in [-0.05, 0) is 18.4 Å². The Kier molecular flexibility index (Phi) is 5.15. The fourth-order valence-corrected chi connectivity index (χ4v) is 4.52. The Morgan fingerprint density at radius 2 is 1.66 bits per heavy atom. The van der Waals surface area contributed by atoms with E-state index in [1.807, 2.05) is 60.7 Å². The number of allylic oxidation sites excluding steroid dienone is 2. The van der Waals surface area contributed by atoms with Crippen LogP contribution < -0.4 is 11.0 Å². The number of nitrogens with zero attached hydrogens (tertiary/aromatic N) is 2. The van der Waals surface area contributed by atoms with Gasteiger partial charge in [0.1, 0.15) is 5.69 Å². The van der Waals surface area contributed by atoms with Crippen molar-refractivity contribution < 1.29 is 9.59 Å². The molecule has 2 aliphatic rings. The lowest BCUT2D eigenvalue weighted by molar-refractivity contribution is -0.130. The van der Waals surface area contributed by atoms with Crippen LogP contribution in [0.25, 0.3) is 11.3 Å². The molecule has 1 atom stereocenters. The number of carbonyl (C=O) groups is 2. The van der Waals surface area contributed by atoms with E-state index in [4.69, 9.17) is 0 Å². The minimum atomic E-state index is -0.382. The smallest absolute Gasteiger partial charge is 0.266 e. The number of Topliss-reactive ketones (excluding diaryl/α,β-unsaturated/α-hetero) is 1. The van der Waals surface area contributed by atoms with Crippen molar-refractivity contribution in [3.8, 4) is 11.3 Å². The number of hydrazine groups is 1. The summed E-state index contributed by atoms with van der Waals surface area (Å²) in [5.74, 6) is -0.325. The van der Waals surface area contributed by atoms with Gasteiger partial charge in [-0.25, -0.2) is 10.1 Å². The van der Waals surface area contributed by atoms with Crippen LogP contribution in [0.3, 0.4) is 0 Å². The predicted molar refractivity (Wildman–Crippen MR) is 120 cm³/mol. The van der Waals surface area contributed by atoms with Crippen LogP contribution >= 0.6 is 0 Å². The number of benzene rings is 2. The average molecular weight is 426 g/mol. The zero-order valence-corrected chi connectivity index (χ0v) is 17.4. The molecule has 0 unspecified atom stereocenters. The number of carbonyl (C=O) groups excluding carboxylic acids is 2. The van der Waals surface area contributed by atoms with Gasteiger partial charge in [-0.3, -0.25) is 19.8 Å². The Hall–Kier alpha value is -4.00. The zero-order chi connectivity index (χ0) is 22.1. The predicted octanol–water partition coefficient (Wildman–Crippen LogP) is 3.79. The summed E-state index contributed by atoms with van der Waals surface area (Å²) in [6, 6.07) is 20.5. The van der Waals surface area contributed by atoms with Crippen molar-refractivity contribution in [1.82, 2.24) is 15.2 Å². The molecule has 1 amide bonds. The van der Waals surface area contributed by atoms with Gasteiger partial charge in [0.2, 0.25) is 5.91 Å². The van der Waals surface area contributed by atoms with Gasteiger partial charge in [0.15, 0.2) is 5.78 Å². The summed E-state index contributed by atoms with van der Waals surface area (Å²) in [5.41, 5.74) is 6.81. The van der Waals surface area contributed by atoms with E-state index < -0.39 is 0 Å². The third-order valence-corrected chi connectivity index (χ3v) is 5.97. The molecule has 1 aliphatic heterocycles. The van der Waals surface area contributed by atoms with Crippen molar-refractivity contribution >= 4 is 17.4 Å². The largest absolute Gasteiger partial charge is 0.294 e. The summed E-state index contributed by atoms with van der Waals surface area (Å²) in [6.45, 7) is 0. The van der Waals surface area contributed by atoms with Crippen LogP contribution in [-0.4, -0.2) is 26.9 Å². The van der Waals surface area contributed by atoms with Crippen LogP contribution in [-0.2, 0) is 9.59 Å². The maximum Gasteiger partial charge on any atom is 0.266 e. The van der Waals surface area contributed by atoms with Crippen molar-refractivity contribution in [2.24, 2.45) is 0 Å². The normalized spacial score (nSPS) is 18.5. The summed E-state index contributed by atoms with van der Waals surface area (Å²) in [7, 11) is 0. The van der Waals surface area contributed by atoms with Crippen LogP contribution in [0.4, 0.5) is 5.69 Å². The first kappa shape index (κ1) is 19.9. The molecule has 0 fully saturated rings. The van der Waals surface area contributed by atoms with Gasteiger partial charge in [0.05, 0.1) is 11.4 Å². The maximum atomic E-state index is 13.3. The summed E-state index contributed by atoms with van der Waals surface area (Å²) >= 11 is 0. The molecule has 7 heteroatoms. The van der Waals surface area contributed by atoms with Crippen LogP contribution in [0.5, 0.6) is 0 Å². The molecular weight excluding hydrogens is 404 g/mol. The number of aromatic amines is 1. The molecular formula is C25H22N4O3. The molecule has 1 aromatic heterocycles. The van der Waals surface area contributed by atoms with Crippen LogP contribution in [0.1, 0.15) is 37.2 Å². The first-order valence-corrected chi connectivity index (χ1v) is 10.7. The lowest BCUT2D eigenvalue weighted by Gasteiger charge is -2.38. The number of ketones is 1. The number of nitrogens with one attached hydrogen (secondary N) is 2. The van der Waals surface area contributed by atoms with Gasteiger partial charge < -0.3 is 0 Å². The Bertz CT molecular complexity index is 1270. The molecule has 2 aromatic carbocycles. The average Bonchev–Trinajstić information content (AvgIpc) is 2.82.